The van der Waals surface area contributed by atoms with Gasteiger partial charge in [-0.1, -0.05) is 0 Å². The third-order valence-corrected chi connectivity index (χ3v) is 3.62. The molecule has 0 saturated carbocycles. The van der Waals surface area contributed by atoms with Crippen LogP contribution in [0.15, 0.2) is 23.6 Å². The van der Waals surface area contributed by atoms with Gasteiger partial charge in [0.1, 0.15) is 0 Å². The van der Waals surface area contributed by atoms with Crippen LogP contribution in [0.1, 0.15) is 6.42 Å². The van der Waals surface area contributed by atoms with E-state index in [0.717, 1.165) is 19.5 Å². The number of aromatic nitrogens is 2. The van der Waals surface area contributed by atoms with Crippen LogP contribution in [0.3, 0.4) is 0 Å². The van der Waals surface area contributed by atoms with Gasteiger partial charge in [-0.05, 0) is 19.0 Å². The molecule has 2 heterocycles. The zero-order valence-electron chi connectivity index (χ0n) is 7.55. The van der Waals surface area contributed by atoms with Gasteiger partial charge in [-0.15, -0.1) is 12.4 Å². The van der Waals surface area contributed by atoms with Crippen molar-refractivity contribution in [1.29, 1.82) is 0 Å². The number of nitrogens with one attached hydrogen (secondary N) is 1. The van der Waals surface area contributed by atoms with E-state index in [1.807, 2.05) is 0 Å². The topological polar surface area (TPSA) is 54.9 Å². The van der Waals surface area contributed by atoms with Crippen molar-refractivity contribution < 1.29 is 4.21 Å². The summed E-state index contributed by atoms with van der Waals surface area (Å²) in [6.45, 7) is 1.76. The van der Waals surface area contributed by atoms with Gasteiger partial charge in [0, 0.05) is 18.9 Å². The van der Waals surface area contributed by atoms with Gasteiger partial charge >= 0.3 is 0 Å². The highest BCUT2D eigenvalue weighted by Gasteiger charge is 2.23. The highest BCUT2D eigenvalue weighted by atomic mass is 35.5. The molecule has 4 nitrogen and oxygen atoms in total. The number of hydrogen-bond donors (Lipinski definition) is 1. The average Bonchev–Trinajstić information content (AvgIpc) is 2.71. The van der Waals surface area contributed by atoms with Crippen molar-refractivity contribution in [3.05, 3.63) is 18.5 Å². The highest BCUT2D eigenvalue weighted by molar-refractivity contribution is 7.85. The Labute approximate surface area is 91.4 Å². The van der Waals surface area contributed by atoms with Crippen LogP contribution < -0.4 is 5.32 Å². The Balaban J connectivity index is 0.000000980. The van der Waals surface area contributed by atoms with Gasteiger partial charge in [0.05, 0.1) is 16.0 Å². The van der Waals surface area contributed by atoms with Gasteiger partial charge in [0.15, 0.2) is 0 Å². The molecule has 1 saturated heterocycles. The molecule has 6 heteroatoms. The maximum Gasteiger partial charge on any atom is 0.218 e. The molecule has 1 aliphatic heterocycles. The van der Waals surface area contributed by atoms with E-state index in [1.54, 1.807) is 18.5 Å². The first-order valence-electron chi connectivity index (χ1n) is 4.26. The van der Waals surface area contributed by atoms with Crippen molar-refractivity contribution in [1.82, 2.24) is 15.3 Å². The molecule has 0 unspecified atom stereocenters. The van der Waals surface area contributed by atoms with Crippen LogP contribution in [-0.4, -0.2) is 32.5 Å². The summed E-state index contributed by atoms with van der Waals surface area (Å²) in [5.41, 5.74) is 0. The van der Waals surface area contributed by atoms with Crippen LogP contribution in [0.5, 0.6) is 0 Å². The zero-order valence-corrected chi connectivity index (χ0v) is 9.18. The van der Waals surface area contributed by atoms with Crippen LogP contribution in [0, 0.1) is 0 Å². The first kappa shape index (κ1) is 11.6. The minimum atomic E-state index is -1.04. The molecule has 78 valence electrons. The van der Waals surface area contributed by atoms with Crippen molar-refractivity contribution in [2.75, 3.05) is 13.1 Å². The van der Waals surface area contributed by atoms with E-state index < -0.39 is 10.8 Å². The lowest BCUT2D eigenvalue weighted by molar-refractivity contribution is 0.664. The van der Waals surface area contributed by atoms with E-state index in [4.69, 9.17) is 0 Å². The molecule has 0 radical (unpaired) electrons. The molecule has 0 amide bonds. The fraction of sp³-hybridized carbons (Fsp3) is 0.500. The molecule has 0 bridgehead atoms. The summed E-state index contributed by atoms with van der Waals surface area (Å²) in [7, 11) is -1.04. The molecule has 1 aliphatic rings. The quantitative estimate of drug-likeness (QED) is 0.750. The summed E-state index contributed by atoms with van der Waals surface area (Å²) < 4.78 is 11.8. The summed E-state index contributed by atoms with van der Waals surface area (Å²) in [5, 5.41) is 3.81. The Morgan fingerprint density at radius 3 is 2.71 bits per heavy atom. The average molecular weight is 234 g/mol. The van der Waals surface area contributed by atoms with Crippen molar-refractivity contribution in [3.8, 4) is 0 Å². The zero-order chi connectivity index (χ0) is 9.10. The SMILES string of the molecule is Cl.O=[S@](c1ncccn1)[C@@H]1CCNC1. The van der Waals surface area contributed by atoms with E-state index >= 15 is 0 Å². The fourth-order valence-electron chi connectivity index (χ4n) is 1.35. The number of halogens is 1. The predicted molar refractivity (Wildman–Crippen MR) is 57.0 cm³/mol. The molecular weight excluding hydrogens is 222 g/mol. The van der Waals surface area contributed by atoms with Crippen LogP contribution in [0.4, 0.5) is 0 Å². The standard InChI is InChI=1S/C8H11N3OS.ClH/c12-13(7-2-5-9-6-7)8-10-3-1-4-11-8;/h1,3-4,7,9H,2,5-6H2;1H/t7-,13+;/m1./s1. The monoisotopic (exact) mass is 233 g/mol. The molecule has 1 aromatic rings. The Morgan fingerprint density at radius 1 is 1.43 bits per heavy atom. The van der Waals surface area contributed by atoms with E-state index in [-0.39, 0.29) is 17.7 Å². The van der Waals surface area contributed by atoms with Crippen LogP contribution in [0.25, 0.3) is 0 Å². The fourth-order valence-corrected chi connectivity index (χ4v) is 2.58. The lowest BCUT2D eigenvalue weighted by Crippen LogP contribution is -2.20. The third kappa shape index (κ3) is 2.50. The Bertz CT molecular complexity index is 303. The normalized spacial score (nSPS) is 22.7. The molecule has 1 aromatic heterocycles. The number of rotatable bonds is 2. The van der Waals surface area contributed by atoms with Crippen molar-refractivity contribution in [3.63, 3.8) is 0 Å². The van der Waals surface area contributed by atoms with Crippen LogP contribution >= 0.6 is 12.4 Å². The van der Waals surface area contributed by atoms with Gasteiger partial charge in [0.25, 0.3) is 0 Å². The third-order valence-electron chi connectivity index (χ3n) is 2.04. The summed E-state index contributed by atoms with van der Waals surface area (Å²) in [6.07, 6.45) is 4.20. The van der Waals surface area contributed by atoms with Crippen molar-refractivity contribution >= 4 is 23.2 Å². The van der Waals surface area contributed by atoms with E-state index in [0.29, 0.717) is 5.16 Å². The summed E-state index contributed by atoms with van der Waals surface area (Å²) >= 11 is 0. The molecule has 0 spiro atoms. The van der Waals surface area contributed by atoms with Gasteiger partial charge in [0.2, 0.25) is 5.16 Å². The second-order valence-corrected chi connectivity index (χ2v) is 4.57. The second-order valence-electron chi connectivity index (χ2n) is 2.94. The second kappa shape index (κ2) is 5.38. The number of hydrogen-bond acceptors (Lipinski definition) is 4. The molecule has 14 heavy (non-hydrogen) atoms. The first-order valence-corrected chi connectivity index (χ1v) is 5.47. The van der Waals surface area contributed by atoms with Crippen molar-refractivity contribution in [2.24, 2.45) is 0 Å². The molecular formula is C8H12ClN3OS. The Kier molecular flexibility index (Phi) is 4.44. The smallest absolute Gasteiger partial charge is 0.218 e. The van der Waals surface area contributed by atoms with Crippen LogP contribution in [0.2, 0.25) is 0 Å². The first-order chi connectivity index (χ1) is 6.38. The van der Waals surface area contributed by atoms with Gasteiger partial charge in [-0.2, -0.15) is 0 Å². The van der Waals surface area contributed by atoms with Crippen molar-refractivity contribution in [2.45, 2.75) is 16.8 Å². The van der Waals surface area contributed by atoms with Crippen LogP contribution in [-0.2, 0) is 10.8 Å². The summed E-state index contributed by atoms with van der Waals surface area (Å²) in [5.74, 6) is 0. The number of nitrogens with zero attached hydrogens (tertiary/aromatic N) is 2. The lowest BCUT2D eigenvalue weighted by Gasteiger charge is -2.05. The molecule has 0 aliphatic carbocycles. The maximum absolute atomic E-state index is 11.8. The Hall–Kier alpha value is -0.520. The predicted octanol–water partition coefficient (Wildman–Crippen LogP) is 0.368. The Morgan fingerprint density at radius 2 is 2.14 bits per heavy atom. The summed E-state index contributed by atoms with van der Waals surface area (Å²) in [6, 6.07) is 1.73. The minimum absolute atomic E-state index is 0. The molecule has 2 rings (SSSR count). The summed E-state index contributed by atoms with van der Waals surface area (Å²) in [4.78, 5) is 7.97. The maximum atomic E-state index is 11.8. The van der Waals surface area contributed by atoms with Gasteiger partial charge in [-0.25, -0.2) is 9.97 Å². The lowest BCUT2D eigenvalue weighted by atomic mass is 10.4. The molecule has 1 fully saturated rings. The van der Waals surface area contributed by atoms with E-state index in [1.165, 1.54) is 0 Å². The minimum Gasteiger partial charge on any atom is -0.315 e. The highest BCUT2D eigenvalue weighted by Crippen LogP contribution is 2.11. The van der Waals surface area contributed by atoms with E-state index in [9.17, 15) is 4.21 Å². The molecule has 1 N–H and O–H groups in total. The van der Waals surface area contributed by atoms with Gasteiger partial charge < -0.3 is 5.32 Å². The molecule has 2 atom stereocenters. The molecule has 0 aromatic carbocycles. The van der Waals surface area contributed by atoms with E-state index in [2.05, 4.69) is 15.3 Å². The largest absolute Gasteiger partial charge is 0.315 e. The van der Waals surface area contributed by atoms with Gasteiger partial charge in [-0.3, -0.25) is 4.21 Å².